The summed E-state index contributed by atoms with van der Waals surface area (Å²) in [5.41, 5.74) is 2.70. The van der Waals surface area contributed by atoms with Gasteiger partial charge in [0, 0.05) is 26.2 Å². The predicted octanol–water partition coefficient (Wildman–Crippen LogP) is 2.00. The second-order valence-corrected chi connectivity index (χ2v) is 4.89. The van der Waals surface area contributed by atoms with Gasteiger partial charge in [0.2, 0.25) is 0 Å². The molecule has 1 aromatic carbocycles. The lowest BCUT2D eigenvalue weighted by atomic mass is 10.0. The van der Waals surface area contributed by atoms with Crippen LogP contribution in [0, 0.1) is 13.8 Å². The van der Waals surface area contributed by atoms with Crippen LogP contribution in [0.3, 0.4) is 0 Å². The van der Waals surface area contributed by atoms with Crippen molar-refractivity contribution in [3.8, 4) is 0 Å². The molecule has 3 nitrogen and oxygen atoms in total. The van der Waals surface area contributed by atoms with Crippen LogP contribution in [0.25, 0.3) is 0 Å². The van der Waals surface area contributed by atoms with Gasteiger partial charge in [-0.2, -0.15) is 0 Å². The minimum Gasteiger partial charge on any atom is -0.336 e. The normalized spacial score (nSPS) is 16.1. The molecule has 1 aromatic rings. The van der Waals surface area contributed by atoms with Gasteiger partial charge in [-0.25, -0.2) is 0 Å². The summed E-state index contributed by atoms with van der Waals surface area (Å²) in [5, 5.41) is 3.79. The quantitative estimate of drug-likeness (QED) is 0.829. The van der Waals surface area contributed by atoms with E-state index in [0.717, 1.165) is 37.3 Å². The maximum Gasteiger partial charge on any atom is 0.255 e. The smallest absolute Gasteiger partial charge is 0.255 e. The number of aryl methyl sites for hydroxylation is 2. The van der Waals surface area contributed by atoms with Crippen LogP contribution >= 0.6 is 11.6 Å². The number of hydrogen-bond acceptors (Lipinski definition) is 2. The van der Waals surface area contributed by atoms with Crippen molar-refractivity contribution >= 4 is 17.5 Å². The highest BCUT2D eigenvalue weighted by Crippen LogP contribution is 2.23. The van der Waals surface area contributed by atoms with Crippen molar-refractivity contribution in [1.82, 2.24) is 10.2 Å². The first-order chi connectivity index (χ1) is 8.09. The lowest BCUT2D eigenvalue weighted by Crippen LogP contribution is -2.46. The van der Waals surface area contributed by atoms with Gasteiger partial charge in [-0.15, -0.1) is 0 Å². The fourth-order valence-electron chi connectivity index (χ4n) is 2.21. The molecule has 0 aliphatic carbocycles. The Morgan fingerprint density at radius 2 is 1.94 bits per heavy atom. The largest absolute Gasteiger partial charge is 0.336 e. The Bertz CT molecular complexity index is 416. The molecule has 1 N–H and O–H groups in total. The minimum atomic E-state index is 0.0500. The number of halogens is 1. The van der Waals surface area contributed by atoms with Crippen LogP contribution in [0.2, 0.25) is 5.02 Å². The lowest BCUT2D eigenvalue weighted by molar-refractivity contribution is 0.0735. The molecule has 1 saturated heterocycles. The number of hydrogen-bond donors (Lipinski definition) is 1. The number of amides is 1. The Morgan fingerprint density at radius 1 is 1.29 bits per heavy atom. The fourth-order valence-corrected chi connectivity index (χ4v) is 2.61. The average Bonchev–Trinajstić information content (AvgIpc) is 2.28. The summed E-state index contributed by atoms with van der Waals surface area (Å²) in [4.78, 5) is 14.2. The number of nitrogens with zero attached hydrogens (tertiary/aromatic N) is 1. The van der Waals surface area contributed by atoms with E-state index in [4.69, 9.17) is 11.6 Å². The van der Waals surface area contributed by atoms with Gasteiger partial charge in [0.1, 0.15) is 0 Å². The molecule has 0 radical (unpaired) electrons. The molecule has 92 valence electrons. The van der Waals surface area contributed by atoms with Gasteiger partial charge in [0.25, 0.3) is 5.91 Å². The molecule has 17 heavy (non-hydrogen) atoms. The van der Waals surface area contributed by atoms with Gasteiger partial charge >= 0.3 is 0 Å². The minimum absolute atomic E-state index is 0.0500. The Balaban J connectivity index is 2.30. The Labute approximate surface area is 107 Å². The maximum absolute atomic E-state index is 12.4. The summed E-state index contributed by atoms with van der Waals surface area (Å²) in [6.45, 7) is 7.14. The molecular weight excluding hydrogens is 236 g/mol. The van der Waals surface area contributed by atoms with Crippen molar-refractivity contribution in [2.45, 2.75) is 13.8 Å². The SMILES string of the molecule is Cc1cc(C)c(C(=O)N2CCNCC2)c(Cl)c1. The number of benzene rings is 1. The molecule has 0 bridgehead atoms. The fraction of sp³-hybridized carbons (Fsp3) is 0.462. The molecule has 1 heterocycles. The first-order valence-electron chi connectivity index (χ1n) is 5.86. The van der Waals surface area contributed by atoms with E-state index in [1.54, 1.807) is 0 Å². The predicted molar refractivity (Wildman–Crippen MR) is 69.7 cm³/mol. The third-order valence-corrected chi connectivity index (χ3v) is 3.35. The second-order valence-electron chi connectivity index (χ2n) is 4.48. The van der Waals surface area contributed by atoms with Gasteiger partial charge < -0.3 is 10.2 Å². The topological polar surface area (TPSA) is 32.3 Å². The molecular formula is C13H17ClN2O. The van der Waals surface area contributed by atoms with E-state index in [-0.39, 0.29) is 5.91 Å². The molecule has 0 spiro atoms. The van der Waals surface area contributed by atoms with E-state index in [1.165, 1.54) is 0 Å². The molecule has 1 fully saturated rings. The summed E-state index contributed by atoms with van der Waals surface area (Å²) in [5.74, 6) is 0.0500. The van der Waals surface area contributed by atoms with Crippen LogP contribution < -0.4 is 5.32 Å². The Hall–Kier alpha value is -1.06. The number of carbonyl (C=O) groups is 1. The van der Waals surface area contributed by atoms with E-state index >= 15 is 0 Å². The van der Waals surface area contributed by atoms with E-state index in [9.17, 15) is 4.79 Å². The summed E-state index contributed by atoms with van der Waals surface area (Å²) in [6.07, 6.45) is 0. The molecule has 0 atom stereocenters. The summed E-state index contributed by atoms with van der Waals surface area (Å²) < 4.78 is 0. The number of carbonyl (C=O) groups excluding carboxylic acids is 1. The van der Waals surface area contributed by atoms with E-state index < -0.39 is 0 Å². The van der Waals surface area contributed by atoms with Gasteiger partial charge in [0.05, 0.1) is 10.6 Å². The van der Waals surface area contributed by atoms with Gasteiger partial charge in [0.15, 0.2) is 0 Å². The van der Waals surface area contributed by atoms with Crippen molar-refractivity contribution in [2.24, 2.45) is 0 Å². The number of nitrogens with one attached hydrogen (secondary N) is 1. The van der Waals surface area contributed by atoms with E-state index in [2.05, 4.69) is 5.32 Å². The second kappa shape index (κ2) is 5.07. The van der Waals surface area contributed by atoms with Crippen LogP contribution in [-0.2, 0) is 0 Å². The number of rotatable bonds is 1. The van der Waals surface area contributed by atoms with Gasteiger partial charge in [-0.1, -0.05) is 17.7 Å². The zero-order valence-corrected chi connectivity index (χ0v) is 11.0. The molecule has 1 aliphatic rings. The van der Waals surface area contributed by atoms with Crippen molar-refractivity contribution < 1.29 is 4.79 Å². The molecule has 1 aliphatic heterocycles. The van der Waals surface area contributed by atoms with Gasteiger partial charge in [-0.05, 0) is 31.0 Å². The molecule has 0 unspecified atom stereocenters. The highest BCUT2D eigenvalue weighted by atomic mass is 35.5. The van der Waals surface area contributed by atoms with Crippen molar-refractivity contribution in [1.29, 1.82) is 0 Å². The van der Waals surface area contributed by atoms with Crippen molar-refractivity contribution in [3.05, 3.63) is 33.8 Å². The molecule has 2 rings (SSSR count). The van der Waals surface area contributed by atoms with Crippen LogP contribution in [-0.4, -0.2) is 37.0 Å². The molecule has 0 saturated carbocycles. The summed E-state index contributed by atoms with van der Waals surface area (Å²) >= 11 is 6.19. The Kier molecular flexibility index (Phi) is 3.69. The monoisotopic (exact) mass is 252 g/mol. The third-order valence-electron chi connectivity index (χ3n) is 3.05. The van der Waals surface area contributed by atoms with E-state index in [1.807, 2.05) is 30.9 Å². The van der Waals surface area contributed by atoms with Crippen LogP contribution in [0.5, 0.6) is 0 Å². The van der Waals surface area contributed by atoms with Crippen LogP contribution in [0.15, 0.2) is 12.1 Å². The molecule has 1 amide bonds. The maximum atomic E-state index is 12.4. The highest BCUT2D eigenvalue weighted by Gasteiger charge is 2.21. The zero-order valence-electron chi connectivity index (χ0n) is 10.2. The van der Waals surface area contributed by atoms with Crippen LogP contribution in [0.1, 0.15) is 21.5 Å². The van der Waals surface area contributed by atoms with Crippen molar-refractivity contribution in [2.75, 3.05) is 26.2 Å². The van der Waals surface area contributed by atoms with Crippen molar-refractivity contribution in [3.63, 3.8) is 0 Å². The molecule has 0 aromatic heterocycles. The number of piperazine rings is 1. The first-order valence-corrected chi connectivity index (χ1v) is 6.24. The Morgan fingerprint density at radius 3 is 2.53 bits per heavy atom. The van der Waals surface area contributed by atoms with Gasteiger partial charge in [-0.3, -0.25) is 4.79 Å². The average molecular weight is 253 g/mol. The summed E-state index contributed by atoms with van der Waals surface area (Å²) in [7, 11) is 0. The molecule has 4 heteroatoms. The first kappa shape index (κ1) is 12.4. The third kappa shape index (κ3) is 2.61. The lowest BCUT2D eigenvalue weighted by Gasteiger charge is -2.28. The highest BCUT2D eigenvalue weighted by molar-refractivity contribution is 6.34. The summed E-state index contributed by atoms with van der Waals surface area (Å²) in [6, 6.07) is 3.85. The van der Waals surface area contributed by atoms with E-state index in [0.29, 0.717) is 10.6 Å². The van der Waals surface area contributed by atoms with Crippen LogP contribution in [0.4, 0.5) is 0 Å². The zero-order chi connectivity index (χ0) is 12.4. The standard InChI is InChI=1S/C13H17ClN2O/c1-9-7-10(2)12(11(14)8-9)13(17)16-5-3-15-4-6-16/h7-8,15H,3-6H2,1-2H3.